The SMILES string of the molecule is COC(=O)Cn1c(=NC(=O)[C@H]2COc3ccccc3O2)sc2cc(NC(C)=O)ccc21. The second kappa shape index (κ2) is 8.60. The molecule has 1 atom stereocenters. The molecule has 4 rings (SSSR count). The van der Waals surface area contributed by atoms with Gasteiger partial charge < -0.3 is 24.1 Å². The average molecular weight is 441 g/mol. The molecule has 0 fully saturated rings. The number of hydrogen-bond donors (Lipinski definition) is 1. The highest BCUT2D eigenvalue weighted by molar-refractivity contribution is 7.16. The number of anilines is 1. The second-order valence-corrected chi connectivity index (χ2v) is 7.73. The van der Waals surface area contributed by atoms with Crippen LogP contribution in [0.4, 0.5) is 5.69 Å². The van der Waals surface area contributed by atoms with Crippen LogP contribution in [-0.4, -0.2) is 42.2 Å². The molecule has 0 unspecified atom stereocenters. The molecule has 160 valence electrons. The number of amides is 2. The van der Waals surface area contributed by atoms with Gasteiger partial charge in [0, 0.05) is 12.6 Å². The molecule has 2 amide bonds. The number of methoxy groups -OCH3 is 1. The Bertz CT molecular complexity index is 1250. The number of carbonyl (C=O) groups excluding carboxylic acids is 3. The molecule has 2 aromatic carbocycles. The molecule has 9 nitrogen and oxygen atoms in total. The zero-order chi connectivity index (χ0) is 22.0. The first kappa shape index (κ1) is 20.6. The summed E-state index contributed by atoms with van der Waals surface area (Å²) in [5, 5.41) is 2.71. The minimum atomic E-state index is -0.901. The molecule has 0 aliphatic carbocycles. The number of benzene rings is 2. The van der Waals surface area contributed by atoms with E-state index in [-0.39, 0.29) is 19.1 Å². The third kappa shape index (κ3) is 4.43. The lowest BCUT2D eigenvalue weighted by atomic mass is 10.2. The monoisotopic (exact) mass is 441 g/mol. The Morgan fingerprint density at radius 3 is 2.74 bits per heavy atom. The van der Waals surface area contributed by atoms with Crippen LogP contribution >= 0.6 is 11.3 Å². The van der Waals surface area contributed by atoms with Gasteiger partial charge in [0.25, 0.3) is 5.91 Å². The van der Waals surface area contributed by atoms with E-state index in [2.05, 4.69) is 10.3 Å². The number of ether oxygens (including phenoxy) is 3. The summed E-state index contributed by atoms with van der Waals surface area (Å²) in [6, 6.07) is 12.3. The number of esters is 1. The van der Waals surface area contributed by atoms with Gasteiger partial charge in [0.2, 0.25) is 12.0 Å². The number of nitrogens with one attached hydrogen (secondary N) is 1. The Balaban J connectivity index is 1.71. The molecule has 1 aliphatic heterocycles. The first-order chi connectivity index (χ1) is 14.9. The molecule has 0 radical (unpaired) electrons. The lowest BCUT2D eigenvalue weighted by molar-refractivity contribution is -0.141. The van der Waals surface area contributed by atoms with E-state index < -0.39 is 18.0 Å². The molecule has 1 N–H and O–H groups in total. The van der Waals surface area contributed by atoms with E-state index in [1.54, 1.807) is 41.0 Å². The van der Waals surface area contributed by atoms with Crippen molar-refractivity contribution in [3.05, 3.63) is 47.3 Å². The highest BCUT2D eigenvalue weighted by atomic mass is 32.1. The Morgan fingerprint density at radius 2 is 2.00 bits per heavy atom. The third-order valence-electron chi connectivity index (χ3n) is 4.51. The van der Waals surface area contributed by atoms with Gasteiger partial charge in [0.1, 0.15) is 13.2 Å². The minimum Gasteiger partial charge on any atom is -0.485 e. The van der Waals surface area contributed by atoms with E-state index in [9.17, 15) is 14.4 Å². The number of hydrogen-bond acceptors (Lipinski definition) is 7. The maximum atomic E-state index is 12.8. The van der Waals surface area contributed by atoms with Gasteiger partial charge in [-0.2, -0.15) is 4.99 Å². The van der Waals surface area contributed by atoms with E-state index in [0.717, 1.165) is 4.70 Å². The summed E-state index contributed by atoms with van der Waals surface area (Å²) < 4.78 is 18.4. The highest BCUT2D eigenvalue weighted by Crippen LogP contribution is 2.31. The lowest BCUT2D eigenvalue weighted by Gasteiger charge is -2.23. The number of carbonyl (C=O) groups is 3. The van der Waals surface area contributed by atoms with Gasteiger partial charge in [-0.25, -0.2) is 0 Å². The quantitative estimate of drug-likeness (QED) is 0.621. The van der Waals surface area contributed by atoms with Crippen LogP contribution in [0.2, 0.25) is 0 Å². The molecule has 0 bridgehead atoms. The van der Waals surface area contributed by atoms with Gasteiger partial charge in [-0.05, 0) is 30.3 Å². The lowest BCUT2D eigenvalue weighted by Crippen LogP contribution is -2.37. The first-order valence-electron chi connectivity index (χ1n) is 9.39. The summed E-state index contributed by atoms with van der Waals surface area (Å²) in [4.78, 5) is 40.6. The van der Waals surface area contributed by atoms with Gasteiger partial charge in [-0.3, -0.25) is 14.4 Å². The molecule has 10 heteroatoms. The van der Waals surface area contributed by atoms with E-state index >= 15 is 0 Å². The normalized spacial score (nSPS) is 15.5. The van der Waals surface area contributed by atoms with E-state index in [1.807, 2.05) is 6.07 Å². The van der Waals surface area contributed by atoms with Crippen LogP contribution in [-0.2, 0) is 25.7 Å². The van der Waals surface area contributed by atoms with E-state index in [4.69, 9.17) is 14.2 Å². The predicted octanol–water partition coefficient (Wildman–Crippen LogP) is 2.10. The summed E-state index contributed by atoms with van der Waals surface area (Å²) in [5.74, 6) is -0.165. The molecule has 0 spiro atoms. The zero-order valence-corrected chi connectivity index (χ0v) is 17.6. The summed E-state index contributed by atoms with van der Waals surface area (Å²) in [7, 11) is 1.29. The van der Waals surface area contributed by atoms with Gasteiger partial charge in [0.05, 0.1) is 17.3 Å². The van der Waals surface area contributed by atoms with E-state index in [0.29, 0.717) is 27.5 Å². The third-order valence-corrected chi connectivity index (χ3v) is 5.55. The maximum absolute atomic E-state index is 12.8. The van der Waals surface area contributed by atoms with Gasteiger partial charge in [-0.15, -0.1) is 0 Å². The van der Waals surface area contributed by atoms with Crippen molar-refractivity contribution in [2.24, 2.45) is 4.99 Å². The van der Waals surface area contributed by atoms with Crippen molar-refractivity contribution < 1.29 is 28.6 Å². The summed E-state index contributed by atoms with van der Waals surface area (Å²) >= 11 is 1.22. The van der Waals surface area contributed by atoms with Crippen LogP contribution in [0.3, 0.4) is 0 Å². The molecule has 0 saturated heterocycles. The fourth-order valence-corrected chi connectivity index (χ4v) is 4.17. The van der Waals surface area contributed by atoms with Crippen molar-refractivity contribution >= 4 is 45.0 Å². The van der Waals surface area contributed by atoms with Crippen molar-refractivity contribution in [2.45, 2.75) is 19.6 Å². The van der Waals surface area contributed by atoms with Crippen LogP contribution in [0, 0.1) is 0 Å². The molecule has 1 aliphatic rings. The maximum Gasteiger partial charge on any atom is 0.325 e. The molecular formula is C21H19N3O6S. The molecule has 0 saturated carbocycles. The van der Waals surface area contributed by atoms with Crippen LogP contribution < -0.4 is 19.6 Å². The Morgan fingerprint density at radius 1 is 1.23 bits per heavy atom. The summed E-state index contributed by atoms with van der Waals surface area (Å²) in [5.41, 5.74) is 1.28. The van der Waals surface area contributed by atoms with Crippen molar-refractivity contribution in [3.63, 3.8) is 0 Å². The second-order valence-electron chi connectivity index (χ2n) is 6.72. The Hall–Kier alpha value is -3.66. The van der Waals surface area contributed by atoms with Crippen molar-refractivity contribution in [3.8, 4) is 11.5 Å². The fourth-order valence-electron chi connectivity index (χ4n) is 3.09. The predicted molar refractivity (Wildman–Crippen MR) is 113 cm³/mol. The fraction of sp³-hybridized carbons (Fsp3) is 0.238. The van der Waals surface area contributed by atoms with Crippen molar-refractivity contribution in [1.29, 1.82) is 0 Å². The summed E-state index contributed by atoms with van der Waals surface area (Å²) in [6.45, 7) is 1.33. The zero-order valence-electron chi connectivity index (χ0n) is 16.8. The standard InChI is InChI=1S/C21H19N3O6S/c1-12(25)22-13-7-8-14-18(9-13)31-21(24(14)10-19(26)28-2)23-20(27)17-11-29-15-5-3-4-6-16(15)30-17/h3-9,17H,10-11H2,1-2H3,(H,22,25)/t17-/m1/s1. The number of rotatable bonds is 4. The van der Waals surface area contributed by atoms with Crippen LogP contribution in [0.1, 0.15) is 6.92 Å². The van der Waals surface area contributed by atoms with Gasteiger partial charge in [0.15, 0.2) is 16.3 Å². The highest BCUT2D eigenvalue weighted by Gasteiger charge is 2.27. The van der Waals surface area contributed by atoms with Gasteiger partial charge in [-0.1, -0.05) is 23.5 Å². The summed E-state index contributed by atoms with van der Waals surface area (Å²) in [6.07, 6.45) is -0.901. The van der Waals surface area contributed by atoms with Gasteiger partial charge >= 0.3 is 5.97 Å². The number of aromatic nitrogens is 1. The molecular weight excluding hydrogens is 422 g/mol. The first-order valence-corrected chi connectivity index (χ1v) is 10.2. The van der Waals surface area contributed by atoms with Crippen LogP contribution in [0.5, 0.6) is 11.5 Å². The molecule has 2 heterocycles. The number of fused-ring (bicyclic) bond motifs is 2. The molecule has 1 aromatic heterocycles. The van der Waals surface area contributed by atoms with Crippen molar-refractivity contribution in [2.75, 3.05) is 19.0 Å². The van der Waals surface area contributed by atoms with E-state index in [1.165, 1.54) is 25.4 Å². The van der Waals surface area contributed by atoms with Crippen LogP contribution in [0.15, 0.2) is 47.5 Å². The molecule has 3 aromatic rings. The van der Waals surface area contributed by atoms with Crippen LogP contribution in [0.25, 0.3) is 10.2 Å². The Labute approximate surface area is 180 Å². The largest absolute Gasteiger partial charge is 0.485 e. The number of nitrogens with zero attached hydrogens (tertiary/aromatic N) is 2. The topological polar surface area (TPSA) is 108 Å². The molecule has 31 heavy (non-hydrogen) atoms. The smallest absolute Gasteiger partial charge is 0.325 e. The minimum absolute atomic E-state index is 0.0356. The Kier molecular flexibility index (Phi) is 5.72. The van der Waals surface area contributed by atoms with Crippen molar-refractivity contribution in [1.82, 2.24) is 4.57 Å². The number of para-hydroxylation sites is 2. The average Bonchev–Trinajstić information content (AvgIpc) is 3.08. The number of thiazole rings is 1.